The van der Waals surface area contributed by atoms with Gasteiger partial charge in [0.2, 0.25) is 0 Å². The number of sulfone groups is 1. The molecule has 0 saturated carbocycles. The molecule has 3 aromatic rings. The molecule has 1 heterocycles. The molecule has 2 aromatic carbocycles. The lowest BCUT2D eigenvalue weighted by Gasteiger charge is -2.19. The molecule has 1 aromatic heterocycles. The van der Waals surface area contributed by atoms with E-state index in [-0.39, 0.29) is 10.8 Å². The Hall–Kier alpha value is -3.39. The summed E-state index contributed by atoms with van der Waals surface area (Å²) in [4.78, 5) is 18.9. The monoisotopic (exact) mass is 482 g/mol. The molecule has 34 heavy (non-hydrogen) atoms. The predicted octanol–water partition coefficient (Wildman–Crippen LogP) is 4.22. The van der Waals surface area contributed by atoms with Gasteiger partial charge in [-0.1, -0.05) is 12.1 Å². The van der Waals surface area contributed by atoms with Crippen molar-refractivity contribution in [2.45, 2.75) is 31.8 Å². The maximum absolute atomic E-state index is 12.9. The smallest absolute Gasteiger partial charge is 0.253 e. The number of pyridine rings is 1. The fraction of sp³-hybridized carbons (Fsp3) is 0.308. The summed E-state index contributed by atoms with van der Waals surface area (Å²) in [5.74, 6) is 1.18. The summed E-state index contributed by atoms with van der Waals surface area (Å²) in [7, 11) is -1.53. The van der Waals surface area contributed by atoms with Crippen molar-refractivity contribution in [3.05, 3.63) is 83.2 Å². The van der Waals surface area contributed by atoms with E-state index in [2.05, 4.69) is 4.98 Å². The van der Waals surface area contributed by atoms with Crippen molar-refractivity contribution in [1.82, 2.24) is 9.88 Å². The van der Waals surface area contributed by atoms with E-state index in [1.165, 1.54) is 12.1 Å². The number of hydrogen-bond acceptors (Lipinski definition) is 6. The van der Waals surface area contributed by atoms with Crippen molar-refractivity contribution in [3.8, 4) is 11.5 Å². The lowest BCUT2D eigenvalue weighted by molar-refractivity contribution is 0.0787. The normalized spacial score (nSPS) is 11.2. The topological polar surface area (TPSA) is 85.8 Å². The van der Waals surface area contributed by atoms with Crippen LogP contribution in [0.25, 0.3) is 0 Å². The highest BCUT2D eigenvalue weighted by Gasteiger charge is 2.16. The largest absolute Gasteiger partial charge is 0.493 e. The summed E-state index contributed by atoms with van der Waals surface area (Å²) < 4.78 is 35.0. The summed E-state index contributed by atoms with van der Waals surface area (Å²) in [6.07, 6.45) is 5.26. The molecule has 0 fully saturated rings. The first-order chi connectivity index (χ1) is 16.1. The van der Waals surface area contributed by atoms with E-state index in [1.807, 2.05) is 38.1 Å². The SMILES string of the molecule is Cc1cc(C(=O)N(C)CCCOc2cccc(S(C)(=O)=O)c2)cc(C)c1OCc1cccnc1. The van der Waals surface area contributed by atoms with Crippen LogP contribution in [-0.4, -0.2) is 50.7 Å². The molecule has 0 unspecified atom stereocenters. The maximum Gasteiger partial charge on any atom is 0.253 e. The van der Waals surface area contributed by atoms with Crippen LogP contribution in [0, 0.1) is 13.8 Å². The third-order valence-electron chi connectivity index (χ3n) is 5.30. The van der Waals surface area contributed by atoms with Crippen molar-refractivity contribution in [2.24, 2.45) is 0 Å². The average molecular weight is 483 g/mol. The summed E-state index contributed by atoms with van der Waals surface area (Å²) in [5.41, 5.74) is 3.38. The zero-order chi connectivity index (χ0) is 24.7. The van der Waals surface area contributed by atoms with Gasteiger partial charge in [0.25, 0.3) is 5.91 Å². The Morgan fingerprint density at radius 3 is 2.41 bits per heavy atom. The zero-order valence-corrected chi connectivity index (χ0v) is 20.8. The maximum atomic E-state index is 12.9. The van der Waals surface area contributed by atoms with E-state index in [0.717, 1.165) is 28.7 Å². The van der Waals surface area contributed by atoms with Crippen LogP contribution in [-0.2, 0) is 16.4 Å². The highest BCUT2D eigenvalue weighted by atomic mass is 32.2. The van der Waals surface area contributed by atoms with Gasteiger partial charge in [0.1, 0.15) is 18.1 Å². The highest BCUT2D eigenvalue weighted by Crippen LogP contribution is 2.26. The first kappa shape index (κ1) is 25.2. The van der Waals surface area contributed by atoms with Gasteiger partial charge in [-0.3, -0.25) is 9.78 Å². The average Bonchev–Trinajstić information content (AvgIpc) is 2.81. The molecule has 0 bridgehead atoms. The number of amides is 1. The van der Waals surface area contributed by atoms with Crippen LogP contribution < -0.4 is 9.47 Å². The molecular weight excluding hydrogens is 452 g/mol. The molecule has 180 valence electrons. The van der Waals surface area contributed by atoms with E-state index in [0.29, 0.717) is 37.5 Å². The number of hydrogen-bond donors (Lipinski definition) is 0. The second kappa shape index (κ2) is 11.2. The van der Waals surface area contributed by atoms with Gasteiger partial charge in [0, 0.05) is 43.4 Å². The van der Waals surface area contributed by atoms with Crippen LogP contribution in [0.5, 0.6) is 11.5 Å². The number of carbonyl (C=O) groups is 1. The van der Waals surface area contributed by atoms with Crippen LogP contribution >= 0.6 is 0 Å². The quantitative estimate of drug-likeness (QED) is 0.402. The van der Waals surface area contributed by atoms with Crippen LogP contribution in [0.1, 0.15) is 33.5 Å². The standard InChI is InChI=1S/C26H30N2O5S/c1-19-14-22(15-20(2)25(19)33-18-21-8-6-11-27-17-21)26(29)28(3)12-7-13-32-23-9-5-10-24(16-23)34(4,30)31/h5-6,8-11,14-17H,7,12-13,18H2,1-4H3. The molecule has 0 aliphatic rings. The molecule has 1 amide bonds. The van der Waals surface area contributed by atoms with Gasteiger partial charge in [-0.2, -0.15) is 0 Å². The second-order valence-electron chi connectivity index (χ2n) is 8.26. The predicted molar refractivity (Wildman–Crippen MR) is 131 cm³/mol. The van der Waals surface area contributed by atoms with Crippen molar-refractivity contribution >= 4 is 15.7 Å². The van der Waals surface area contributed by atoms with Gasteiger partial charge < -0.3 is 14.4 Å². The van der Waals surface area contributed by atoms with Crippen molar-refractivity contribution in [1.29, 1.82) is 0 Å². The minimum absolute atomic E-state index is 0.0796. The van der Waals surface area contributed by atoms with E-state index in [9.17, 15) is 13.2 Å². The summed E-state index contributed by atoms with van der Waals surface area (Å²) in [5, 5.41) is 0. The third kappa shape index (κ3) is 6.81. The third-order valence-corrected chi connectivity index (χ3v) is 6.41. The number of nitrogens with zero attached hydrogens (tertiary/aromatic N) is 2. The molecule has 0 N–H and O–H groups in total. The van der Waals surface area contributed by atoms with Crippen LogP contribution in [0.2, 0.25) is 0 Å². The Bertz CT molecular complexity index is 1220. The van der Waals surface area contributed by atoms with Gasteiger partial charge in [-0.25, -0.2) is 8.42 Å². The first-order valence-corrected chi connectivity index (χ1v) is 12.9. The lowest BCUT2D eigenvalue weighted by Crippen LogP contribution is -2.28. The Morgan fingerprint density at radius 2 is 1.76 bits per heavy atom. The number of benzene rings is 2. The molecule has 0 atom stereocenters. The van der Waals surface area contributed by atoms with E-state index >= 15 is 0 Å². The number of rotatable bonds is 10. The van der Waals surface area contributed by atoms with Crippen molar-refractivity contribution < 1.29 is 22.7 Å². The fourth-order valence-corrected chi connectivity index (χ4v) is 4.20. The lowest BCUT2D eigenvalue weighted by atomic mass is 10.0. The number of carbonyl (C=O) groups excluding carboxylic acids is 1. The van der Waals surface area contributed by atoms with Gasteiger partial charge in [-0.05, 0) is 67.8 Å². The molecule has 0 saturated heterocycles. The molecule has 0 aliphatic heterocycles. The van der Waals surface area contributed by atoms with Crippen LogP contribution in [0.3, 0.4) is 0 Å². The highest BCUT2D eigenvalue weighted by molar-refractivity contribution is 7.90. The first-order valence-electron chi connectivity index (χ1n) is 11.0. The molecule has 3 rings (SSSR count). The Labute approximate surface area is 201 Å². The Balaban J connectivity index is 1.54. The van der Waals surface area contributed by atoms with Gasteiger partial charge in [0.15, 0.2) is 9.84 Å². The molecule has 0 radical (unpaired) electrons. The van der Waals surface area contributed by atoms with Crippen LogP contribution in [0.4, 0.5) is 0 Å². The molecule has 7 nitrogen and oxygen atoms in total. The molecule has 0 spiro atoms. The summed E-state index contributed by atoms with van der Waals surface area (Å²) in [6.45, 7) is 5.14. The minimum atomic E-state index is -3.28. The van der Waals surface area contributed by atoms with E-state index in [4.69, 9.17) is 9.47 Å². The molecule has 8 heteroatoms. The number of aryl methyl sites for hydroxylation is 2. The molecular formula is C26H30N2O5S. The second-order valence-corrected chi connectivity index (χ2v) is 10.3. The summed E-state index contributed by atoms with van der Waals surface area (Å²) >= 11 is 0. The fourth-order valence-electron chi connectivity index (χ4n) is 3.55. The zero-order valence-electron chi connectivity index (χ0n) is 19.9. The number of aromatic nitrogens is 1. The van der Waals surface area contributed by atoms with Gasteiger partial charge >= 0.3 is 0 Å². The van der Waals surface area contributed by atoms with Gasteiger partial charge in [-0.15, -0.1) is 0 Å². The molecule has 0 aliphatic carbocycles. The summed E-state index contributed by atoms with van der Waals surface area (Å²) in [6, 6.07) is 13.9. The van der Waals surface area contributed by atoms with E-state index in [1.54, 1.807) is 36.5 Å². The van der Waals surface area contributed by atoms with Gasteiger partial charge in [0.05, 0.1) is 11.5 Å². The van der Waals surface area contributed by atoms with Crippen LogP contribution in [0.15, 0.2) is 65.8 Å². The van der Waals surface area contributed by atoms with Crippen molar-refractivity contribution in [2.75, 3.05) is 26.5 Å². The van der Waals surface area contributed by atoms with E-state index < -0.39 is 9.84 Å². The van der Waals surface area contributed by atoms with Crippen molar-refractivity contribution in [3.63, 3.8) is 0 Å². The Kier molecular flexibility index (Phi) is 8.28. The number of ether oxygens (including phenoxy) is 2. The Morgan fingerprint density at radius 1 is 1.03 bits per heavy atom. The minimum Gasteiger partial charge on any atom is -0.493 e.